The summed E-state index contributed by atoms with van der Waals surface area (Å²) in [6, 6.07) is 7.50. The van der Waals surface area contributed by atoms with Crippen molar-refractivity contribution in [2.75, 3.05) is 13.2 Å². The fraction of sp³-hybridized carbons (Fsp3) is 0.353. The van der Waals surface area contributed by atoms with Crippen molar-refractivity contribution in [2.24, 2.45) is 4.99 Å². The standard InChI is InChI=1S/C17H19N3O3S/c1-11-4-2-5-12(8-11)20-16(22)14(15(21)19-17(20)24)10-18-9-13-6-3-7-23-13/h2,4-5,8,10,13,22H,3,6-7,9H2,1H3,(H,19,21,24). The second-order valence-electron chi connectivity index (χ2n) is 5.80. The number of rotatable bonds is 4. The third-order valence-electron chi connectivity index (χ3n) is 3.93. The minimum Gasteiger partial charge on any atom is -0.494 e. The number of hydrogen-bond donors (Lipinski definition) is 2. The molecular formula is C17H19N3O3S. The molecule has 7 heteroatoms. The van der Waals surface area contributed by atoms with Gasteiger partial charge in [-0.3, -0.25) is 19.3 Å². The van der Waals surface area contributed by atoms with Gasteiger partial charge in [-0.15, -0.1) is 0 Å². The van der Waals surface area contributed by atoms with Gasteiger partial charge in [0.05, 0.1) is 18.3 Å². The molecule has 2 N–H and O–H groups in total. The van der Waals surface area contributed by atoms with Crippen LogP contribution in [0.3, 0.4) is 0 Å². The second kappa shape index (κ2) is 7.11. The van der Waals surface area contributed by atoms with Crippen molar-refractivity contribution in [3.05, 3.63) is 50.5 Å². The van der Waals surface area contributed by atoms with Crippen LogP contribution in [0.2, 0.25) is 0 Å². The number of aromatic nitrogens is 2. The van der Waals surface area contributed by atoms with Crippen LogP contribution in [-0.4, -0.2) is 40.1 Å². The van der Waals surface area contributed by atoms with Gasteiger partial charge in [0.25, 0.3) is 5.56 Å². The van der Waals surface area contributed by atoms with Crippen molar-refractivity contribution < 1.29 is 9.84 Å². The predicted octanol–water partition coefficient (Wildman–Crippen LogP) is 2.51. The Hall–Kier alpha value is -2.25. The normalized spacial score (nSPS) is 17.6. The largest absolute Gasteiger partial charge is 0.494 e. The van der Waals surface area contributed by atoms with Crippen LogP contribution >= 0.6 is 12.2 Å². The van der Waals surface area contributed by atoms with Gasteiger partial charge in [0, 0.05) is 12.8 Å². The molecule has 1 aromatic heterocycles. The molecule has 0 spiro atoms. The summed E-state index contributed by atoms with van der Waals surface area (Å²) in [5.74, 6) is -0.217. The molecule has 1 aliphatic heterocycles. The third kappa shape index (κ3) is 3.47. The molecule has 126 valence electrons. The zero-order valence-electron chi connectivity index (χ0n) is 13.4. The van der Waals surface area contributed by atoms with Crippen molar-refractivity contribution >= 4 is 18.4 Å². The Morgan fingerprint density at radius 1 is 1.54 bits per heavy atom. The van der Waals surface area contributed by atoms with E-state index >= 15 is 0 Å². The lowest BCUT2D eigenvalue weighted by molar-refractivity contribution is 0.118. The molecule has 0 amide bonds. The molecule has 1 atom stereocenters. The van der Waals surface area contributed by atoms with E-state index in [1.54, 1.807) is 0 Å². The van der Waals surface area contributed by atoms with Crippen LogP contribution in [0.4, 0.5) is 0 Å². The first-order valence-electron chi connectivity index (χ1n) is 7.83. The van der Waals surface area contributed by atoms with Crippen molar-refractivity contribution in [1.29, 1.82) is 0 Å². The molecule has 1 unspecified atom stereocenters. The van der Waals surface area contributed by atoms with E-state index in [0.29, 0.717) is 12.2 Å². The fourth-order valence-electron chi connectivity index (χ4n) is 2.71. The highest BCUT2D eigenvalue weighted by molar-refractivity contribution is 7.71. The number of H-pyrrole nitrogens is 1. The first kappa shape index (κ1) is 16.6. The molecule has 0 radical (unpaired) electrons. The number of aryl methyl sites for hydroxylation is 1. The first-order valence-corrected chi connectivity index (χ1v) is 8.24. The van der Waals surface area contributed by atoms with Crippen molar-refractivity contribution in [1.82, 2.24) is 9.55 Å². The zero-order valence-corrected chi connectivity index (χ0v) is 14.2. The van der Waals surface area contributed by atoms with Crippen molar-refractivity contribution in [2.45, 2.75) is 25.9 Å². The van der Waals surface area contributed by atoms with E-state index in [1.807, 2.05) is 31.2 Å². The molecule has 1 saturated heterocycles. The predicted molar refractivity (Wildman–Crippen MR) is 95.1 cm³/mol. The van der Waals surface area contributed by atoms with E-state index in [9.17, 15) is 9.90 Å². The van der Waals surface area contributed by atoms with Crippen LogP contribution in [0, 0.1) is 11.7 Å². The fourth-order valence-corrected chi connectivity index (χ4v) is 3.00. The van der Waals surface area contributed by atoms with E-state index in [2.05, 4.69) is 9.98 Å². The van der Waals surface area contributed by atoms with Crippen LogP contribution in [0.15, 0.2) is 34.1 Å². The average molecular weight is 345 g/mol. The lowest BCUT2D eigenvalue weighted by Gasteiger charge is -2.12. The highest BCUT2D eigenvalue weighted by Crippen LogP contribution is 2.19. The average Bonchev–Trinajstić information content (AvgIpc) is 3.03. The maximum absolute atomic E-state index is 12.1. The van der Waals surface area contributed by atoms with Gasteiger partial charge in [-0.2, -0.15) is 0 Å². The van der Waals surface area contributed by atoms with E-state index in [4.69, 9.17) is 17.0 Å². The number of aliphatic imine (C=N–C) groups is 1. The molecule has 1 aliphatic rings. The Morgan fingerprint density at radius 3 is 3.08 bits per heavy atom. The van der Waals surface area contributed by atoms with Crippen molar-refractivity contribution in [3.8, 4) is 11.6 Å². The topological polar surface area (TPSA) is 79.6 Å². The van der Waals surface area contributed by atoms with E-state index in [0.717, 1.165) is 25.0 Å². The summed E-state index contributed by atoms with van der Waals surface area (Å²) in [5.41, 5.74) is 1.33. The Bertz CT molecular complexity index is 879. The van der Waals surface area contributed by atoms with Gasteiger partial charge >= 0.3 is 0 Å². The smallest absolute Gasteiger partial charge is 0.264 e. The molecule has 1 aromatic carbocycles. The van der Waals surface area contributed by atoms with Crippen LogP contribution in [0.5, 0.6) is 5.88 Å². The van der Waals surface area contributed by atoms with Gasteiger partial charge < -0.3 is 9.84 Å². The Balaban J connectivity index is 1.98. The first-order chi connectivity index (χ1) is 11.6. The second-order valence-corrected chi connectivity index (χ2v) is 6.19. The number of benzene rings is 1. The Kier molecular flexibility index (Phi) is 4.92. The van der Waals surface area contributed by atoms with Gasteiger partial charge in [0.2, 0.25) is 5.88 Å². The van der Waals surface area contributed by atoms with Gasteiger partial charge in [-0.1, -0.05) is 12.1 Å². The molecule has 3 rings (SSSR count). The molecule has 1 fully saturated rings. The van der Waals surface area contributed by atoms with Crippen LogP contribution < -0.4 is 5.56 Å². The number of nitrogens with one attached hydrogen (secondary N) is 1. The minimum absolute atomic E-state index is 0.0862. The Labute approximate surface area is 144 Å². The van der Waals surface area contributed by atoms with Gasteiger partial charge in [0.1, 0.15) is 5.56 Å². The summed E-state index contributed by atoms with van der Waals surface area (Å²) in [6.45, 7) is 3.17. The number of aromatic amines is 1. The molecule has 2 heterocycles. The highest BCUT2D eigenvalue weighted by atomic mass is 32.1. The van der Waals surface area contributed by atoms with E-state index in [1.165, 1.54) is 10.8 Å². The lowest BCUT2D eigenvalue weighted by Crippen LogP contribution is -2.18. The summed E-state index contributed by atoms with van der Waals surface area (Å²) in [4.78, 5) is 19.0. The number of hydrogen-bond acceptors (Lipinski definition) is 5. The van der Waals surface area contributed by atoms with Crippen LogP contribution in [-0.2, 0) is 4.74 Å². The monoisotopic (exact) mass is 345 g/mol. The summed E-state index contributed by atoms with van der Waals surface area (Å²) >= 11 is 5.19. The molecule has 6 nitrogen and oxygen atoms in total. The summed E-state index contributed by atoms with van der Waals surface area (Å²) in [7, 11) is 0. The molecular weight excluding hydrogens is 326 g/mol. The van der Waals surface area contributed by atoms with Gasteiger partial charge in [-0.05, 0) is 49.7 Å². The molecule has 0 saturated carbocycles. The number of ether oxygens (including phenoxy) is 1. The minimum atomic E-state index is -0.461. The maximum Gasteiger partial charge on any atom is 0.264 e. The van der Waals surface area contributed by atoms with Crippen LogP contribution in [0.25, 0.3) is 5.69 Å². The zero-order chi connectivity index (χ0) is 17.1. The molecule has 24 heavy (non-hydrogen) atoms. The molecule has 2 aromatic rings. The maximum atomic E-state index is 12.1. The number of aromatic hydroxyl groups is 1. The quantitative estimate of drug-likeness (QED) is 0.659. The van der Waals surface area contributed by atoms with Gasteiger partial charge in [0.15, 0.2) is 4.77 Å². The number of nitrogens with zero attached hydrogens (tertiary/aromatic N) is 2. The lowest BCUT2D eigenvalue weighted by atomic mass is 10.2. The highest BCUT2D eigenvalue weighted by Gasteiger charge is 2.15. The summed E-state index contributed by atoms with van der Waals surface area (Å²) in [6.07, 6.45) is 3.47. The molecule has 0 bridgehead atoms. The third-order valence-corrected chi connectivity index (χ3v) is 4.22. The van der Waals surface area contributed by atoms with Gasteiger partial charge in [-0.25, -0.2) is 0 Å². The SMILES string of the molecule is Cc1cccc(-n2c(O)c(C=NCC3CCCO3)c(=O)[nH]c2=S)c1. The summed E-state index contributed by atoms with van der Waals surface area (Å²) in [5, 5.41) is 10.5. The molecule has 0 aliphatic carbocycles. The van der Waals surface area contributed by atoms with Crippen LogP contribution in [0.1, 0.15) is 24.0 Å². The Morgan fingerprint density at radius 2 is 2.38 bits per heavy atom. The van der Waals surface area contributed by atoms with Crippen molar-refractivity contribution in [3.63, 3.8) is 0 Å². The van der Waals surface area contributed by atoms with E-state index < -0.39 is 5.56 Å². The summed E-state index contributed by atoms with van der Waals surface area (Å²) < 4.78 is 7.06. The van der Waals surface area contributed by atoms with E-state index in [-0.39, 0.29) is 22.3 Å².